The summed E-state index contributed by atoms with van der Waals surface area (Å²) in [6, 6.07) is -5.54. The maximum Gasteiger partial charge on any atom is 0.418 e. The Balaban J connectivity index is 1.64. The van der Waals surface area contributed by atoms with Gasteiger partial charge >= 0.3 is 16.4 Å². The predicted octanol–water partition coefficient (Wildman–Crippen LogP) is -0.561. The molecule has 3 amide bonds. The van der Waals surface area contributed by atoms with Crippen LogP contribution in [0.2, 0.25) is 0 Å². The molecule has 2 fully saturated rings. The summed E-state index contributed by atoms with van der Waals surface area (Å²) in [6.07, 6.45) is 0.417. The van der Waals surface area contributed by atoms with Gasteiger partial charge in [0.2, 0.25) is 0 Å². The molecule has 1 unspecified atom stereocenters. The highest BCUT2D eigenvalue weighted by Gasteiger charge is 2.62. The van der Waals surface area contributed by atoms with Gasteiger partial charge in [-0.25, -0.2) is 19.1 Å². The number of hydrogen-bond donors (Lipinski definition) is 3. The normalized spacial score (nSPS) is 25.1. The molecule has 4 N–H and O–H groups in total. The molecular weight excluding hydrogens is 428 g/mol. The fourth-order valence-electron chi connectivity index (χ4n) is 2.85. The molecule has 3 atom stereocenters. The van der Waals surface area contributed by atoms with Gasteiger partial charge in [-0.3, -0.25) is 19.2 Å². The lowest BCUT2D eigenvalue weighted by Crippen LogP contribution is -2.56. The third-order valence-corrected chi connectivity index (χ3v) is 5.40. The van der Waals surface area contributed by atoms with E-state index < -0.39 is 59.4 Å². The van der Waals surface area contributed by atoms with Crippen LogP contribution in [0.4, 0.5) is 13.6 Å². The number of halogens is 2. The van der Waals surface area contributed by atoms with Crippen molar-refractivity contribution in [3.8, 4) is 0 Å². The summed E-state index contributed by atoms with van der Waals surface area (Å²) in [4.78, 5) is 34.6. The van der Waals surface area contributed by atoms with Gasteiger partial charge in [-0.05, 0) is 0 Å². The van der Waals surface area contributed by atoms with Crippen LogP contribution in [0.15, 0.2) is 11.7 Å². The van der Waals surface area contributed by atoms with Gasteiger partial charge in [-0.15, -0.1) is 15.6 Å². The molecule has 0 aromatic carbocycles. The van der Waals surface area contributed by atoms with Gasteiger partial charge in [0.25, 0.3) is 11.8 Å². The van der Waals surface area contributed by atoms with E-state index in [2.05, 4.69) is 9.27 Å². The van der Waals surface area contributed by atoms with Crippen molar-refractivity contribution in [3.63, 3.8) is 0 Å². The molecule has 0 aliphatic carbocycles. The summed E-state index contributed by atoms with van der Waals surface area (Å²) in [6.45, 7) is -0.856. The van der Waals surface area contributed by atoms with Crippen LogP contribution in [0.3, 0.4) is 0 Å². The number of hydrogen-bond acceptors (Lipinski definition) is 9. The molecule has 2 aliphatic heterocycles. The van der Waals surface area contributed by atoms with Crippen LogP contribution < -0.4 is 11.2 Å². The Morgan fingerprint density at radius 1 is 1.57 bits per heavy atom. The lowest BCUT2D eigenvalue weighted by molar-refractivity contribution is -0.159. The third-order valence-electron chi connectivity index (χ3n) is 4.15. The van der Waals surface area contributed by atoms with Gasteiger partial charge in [0.05, 0.1) is 24.7 Å². The summed E-state index contributed by atoms with van der Waals surface area (Å²) < 4.78 is 62.9. The minimum absolute atomic E-state index is 0.150. The summed E-state index contributed by atoms with van der Waals surface area (Å²) in [7, 11) is -5.21. The smallest absolute Gasteiger partial charge is 0.321 e. The van der Waals surface area contributed by atoms with E-state index in [1.165, 1.54) is 17.5 Å². The predicted molar refractivity (Wildman–Crippen MR) is 86.9 cm³/mol. The van der Waals surface area contributed by atoms with Crippen molar-refractivity contribution in [1.82, 2.24) is 20.4 Å². The number of rotatable bonds is 7. The van der Waals surface area contributed by atoms with E-state index in [9.17, 15) is 26.8 Å². The Kier molecular flexibility index (Phi) is 5.52. The number of nitrogens with one attached hydrogen (secondary N) is 1. The lowest BCUT2D eigenvalue weighted by Gasteiger charge is -2.34. The van der Waals surface area contributed by atoms with E-state index in [1.807, 2.05) is 5.48 Å². The Labute approximate surface area is 161 Å². The molecule has 0 spiro atoms. The quantitative estimate of drug-likeness (QED) is 0.370. The Morgan fingerprint density at radius 3 is 2.89 bits per heavy atom. The third kappa shape index (κ3) is 4.20. The molecule has 3 rings (SSSR count). The van der Waals surface area contributed by atoms with Crippen LogP contribution >= 0.6 is 11.3 Å². The number of carbonyl (C=O) groups excluding carboxylic acids is 2. The highest BCUT2D eigenvalue weighted by Crippen LogP contribution is 2.41. The van der Waals surface area contributed by atoms with E-state index in [0.717, 1.165) is 0 Å². The summed E-state index contributed by atoms with van der Waals surface area (Å²) in [5.41, 5.74) is 9.32. The van der Waals surface area contributed by atoms with Gasteiger partial charge < -0.3 is 10.6 Å². The molecule has 16 heteroatoms. The van der Waals surface area contributed by atoms with Crippen LogP contribution in [-0.4, -0.2) is 71.0 Å². The topological polar surface area (TPSA) is 164 Å². The zero-order valence-corrected chi connectivity index (χ0v) is 15.5. The van der Waals surface area contributed by atoms with Gasteiger partial charge in [0, 0.05) is 17.5 Å². The minimum Gasteiger partial charge on any atom is -0.321 e. The summed E-state index contributed by atoms with van der Waals surface area (Å²) in [5.74, 6) is -4.70. The number of carbonyl (C=O) groups is 2. The van der Waals surface area contributed by atoms with Crippen molar-refractivity contribution < 1.29 is 40.5 Å². The molecular formula is C12H15F2N5O7S2. The van der Waals surface area contributed by atoms with E-state index in [-0.39, 0.29) is 11.7 Å². The second-order valence-electron chi connectivity index (χ2n) is 6.05. The molecule has 2 aliphatic rings. The molecule has 3 heterocycles. The highest BCUT2D eigenvalue weighted by molar-refractivity contribution is 7.80. The molecule has 2 bridgehead atoms. The van der Waals surface area contributed by atoms with Crippen molar-refractivity contribution in [1.29, 1.82) is 0 Å². The number of piperidine rings is 1. The zero-order valence-electron chi connectivity index (χ0n) is 13.9. The van der Waals surface area contributed by atoms with Gasteiger partial charge in [0.15, 0.2) is 0 Å². The molecule has 0 saturated carbocycles. The van der Waals surface area contributed by atoms with Crippen LogP contribution in [-0.2, 0) is 24.3 Å². The number of nitrogens with two attached hydrogens (primary N) is 1. The average molecular weight is 443 g/mol. The number of aromatic nitrogens is 1. The maximum absolute atomic E-state index is 14.3. The number of nitrogens with zero attached hydrogens (tertiary/aromatic N) is 3. The van der Waals surface area contributed by atoms with Crippen LogP contribution in [0.25, 0.3) is 0 Å². The van der Waals surface area contributed by atoms with Crippen molar-refractivity contribution >= 4 is 33.7 Å². The van der Waals surface area contributed by atoms with E-state index >= 15 is 0 Å². The minimum atomic E-state index is -5.21. The van der Waals surface area contributed by atoms with E-state index in [0.29, 0.717) is 9.78 Å². The van der Waals surface area contributed by atoms with Crippen molar-refractivity contribution in [2.24, 2.45) is 5.73 Å². The zero-order chi connectivity index (χ0) is 20.7. The number of urea groups is 1. The molecule has 156 valence electrons. The van der Waals surface area contributed by atoms with Crippen molar-refractivity contribution in [2.75, 3.05) is 13.2 Å². The molecule has 1 aromatic heterocycles. The van der Waals surface area contributed by atoms with Crippen LogP contribution in [0.1, 0.15) is 17.3 Å². The Hall–Kier alpha value is -1.98. The van der Waals surface area contributed by atoms with E-state index in [4.69, 9.17) is 15.1 Å². The molecule has 12 nitrogen and oxygen atoms in total. The summed E-state index contributed by atoms with van der Waals surface area (Å²) >= 11 is 1.26. The average Bonchev–Trinajstić information content (AvgIpc) is 3.20. The number of thiazole rings is 1. The fraction of sp³-hybridized carbons (Fsp3) is 0.583. The number of hydroxylamine groups is 3. The molecule has 28 heavy (non-hydrogen) atoms. The van der Waals surface area contributed by atoms with E-state index in [1.54, 1.807) is 5.51 Å². The van der Waals surface area contributed by atoms with Crippen LogP contribution in [0, 0.1) is 0 Å². The fourth-order valence-corrected chi connectivity index (χ4v) is 3.83. The SMILES string of the molecule is NC(CONC(=O)[C@@H]1CC(F)(F)[C@@H]2CN1C(=O)N2OS(=O)(=O)O)c1cncs1. The monoisotopic (exact) mass is 443 g/mol. The first-order valence-electron chi connectivity index (χ1n) is 7.70. The first-order chi connectivity index (χ1) is 13.0. The van der Waals surface area contributed by atoms with Crippen LogP contribution in [0.5, 0.6) is 0 Å². The Morgan fingerprint density at radius 2 is 2.29 bits per heavy atom. The van der Waals surface area contributed by atoms with Crippen molar-refractivity contribution in [2.45, 2.75) is 30.5 Å². The number of amides is 3. The lowest BCUT2D eigenvalue weighted by atomic mass is 9.96. The second-order valence-corrected chi connectivity index (χ2v) is 7.97. The summed E-state index contributed by atoms with van der Waals surface area (Å²) in [5, 5.41) is -0.150. The molecule has 0 radical (unpaired) electrons. The largest absolute Gasteiger partial charge is 0.418 e. The standard InChI is InChI=1S/C12H15F2N5O7S2/c13-12(14)1-7(10(20)17-25-4-6(15)8-2-16-5-27-8)18-3-9(12)19(11(18)21)26-28(22,23)24/h2,5-7,9H,1,3-4,15H2,(H,17,20)(H,22,23,24)/t6?,7-,9-/m0/s1. The first-order valence-corrected chi connectivity index (χ1v) is 9.94. The number of alkyl halides is 2. The van der Waals surface area contributed by atoms with Gasteiger partial charge in [-0.1, -0.05) is 0 Å². The Bertz CT molecular complexity index is 853. The van der Waals surface area contributed by atoms with Gasteiger partial charge in [0.1, 0.15) is 12.1 Å². The molecule has 1 aromatic rings. The molecule has 2 saturated heterocycles. The highest BCUT2D eigenvalue weighted by atomic mass is 32.3. The second kappa shape index (κ2) is 7.45. The van der Waals surface area contributed by atoms with Gasteiger partial charge in [-0.2, -0.15) is 13.5 Å². The maximum atomic E-state index is 14.3. The number of fused-ring (bicyclic) bond motifs is 2. The first kappa shape index (κ1) is 20.7. The van der Waals surface area contributed by atoms with Crippen molar-refractivity contribution in [3.05, 3.63) is 16.6 Å².